The van der Waals surface area contributed by atoms with E-state index in [9.17, 15) is 4.79 Å². The molecule has 27 heavy (non-hydrogen) atoms. The third-order valence-corrected chi connectivity index (χ3v) is 6.02. The summed E-state index contributed by atoms with van der Waals surface area (Å²) in [4.78, 5) is 17.7. The first kappa shape index (κ1) is 18.4. The minimum Gasteiger partial charge on any atom is -0.368 e. The highest BCUT2D eigenvalue weighted by molar-refractivity contribution is 9.10. The fraction of sp³-hybridized carbons (Fsp3) is 0.211. The summed E-state index contributed by atoms with van der Waals surface area (Å²) in [6.45, 7) is 2.85. The molecule has 3 aromatic rings. The van der Waals surface area contributed by atoms with Gasteiger partial charge in [0.1, 0.15) is 10.6 Å². The Balaban J connectivity index is 1.47. The molecule has 1 fully saturated rings. The van der Waals surface area contributed by atoms with Crippen LogP contribution in [0.2, 0.25) is 5.02 Å². The van der Waals surface area contributed by atoms with Crippen molar-refractivity contribution in [2.75, 3.05) is 31.1 Å². The summed E-state index contributed by atoms with van der Waals surface area (Å²) >= 11 is 10.7. The highest BCUT2D eigenvalue weighted by Gasteiger charge is 2.26. The van der Waals surface area contributed by atoms with E-state index >= 15 is 0 Å². The number of amides is 1. The molecule has 0 saturated carbocycles. The van der Waals surface area contributed by atoms with Crippen molar-refractivity contribution in [3.63, 3.8) is 0 Å². The summed E-state index contributed by atoms with van der Waals surface area (Å²) in [6, 6.07) is 15.6. The second-order valence-corrected chi connectivity index (χ2v) is 8.32. The molecular weight excluding hydrogens is 448 g/mol. The number of carbonyl (C=O) groups excluding carboxylic acids is 1. The quantitative estimate of drug-likeness (QED) is 0.570. The Morgan fingerprint density at radius 3 is 2.52 bits per heavy atom. The van der Waals surface area contributed by atoms with Gasteiger partial charge < -0.3 is 9.80 Å². The van der Waals surface area contributed by atoms with Crippen LogP contribution in [0, 0.1) is 0 Å². The standard InChI is InChI=1S/C19H16BrClN4OS/c20-14-6-4-13(5-7-14)17-18(27-23-22-17)19(26)25-10-8-24(9-11-25)16-3-1-2-15(21)12-16/h1-7,12H,8-11H2. The van der Waals surface area contributed by atoms with Crippen LogP contribution < -0.4 is 4.90 Å². The molecule has 1 saturated heterocycles. The van der Waals surface area contributed by atoms with Gasteiger partial charge in [0.2, 0.25) is 0 Å². The minimum absolute atomic E-state index is 0.00587. The highest BCUT2D eigenvalue weighted by atomic mass is 79.9. The van der Waals surface area contributed by atoms with E-state index in [-0.39, 0.29) is 5.91 Å². The lowest BCUT2D eigenvalue weighted by Gasteiger charge is -2.36. The maximum Gasteiger partial charge on any atom is 0.268 e. The molecule has 0 N–H and O–H groups in total. The van der Waals surface area contributed by atoms with Gasteiger partial charge in [-0.3, -0.25) is 4.79 Å². The lowest BCUT2D eigenvalue weighted by atomic mass is 10.1. The molecule has 5 nitrogen and oxygen atoms in total. The molecule has 1 aliphatic rings. The van der Waals surface area contributed by atoms with Crippen molar-refractivity contribution in [3.05, 3.63) is 62.9 Å². The Morgan fingerprint density at radius 1 is 1.07 bits per heavy atom. The van der Waals surface area contributed by atoms with Gasteiger partial charge >= 0.3 is 0 Å². The number of benzene rings is 2. The van der Waals surface area contributed by atoms with Crippen LogP contribution in [0.3, 0.4) is 0 Å². The molecule has 0 atom stereocenters. The summed E-state index contributed by atoms with van der Waals surface area (Å²) < 4.78 is 5.00. The molecule has 0 bridgehead atoms. The zero-order chi connectivity index (χ0) is 18.8. The number of rotatable bonds is 3. The number of hydrogen-bond donors (Lipinski definition) is 0. The monoisotopic (exact) mass is 462 g/mol. The highest BCUT2D eigenvalue weighted by Crippen LogP contribution is 2.27. The third kappa shape index (κ3) is 4.00. The number of halogens is 2. The van der Waals surface area contributed by atoms with Gasteiger partial charge in [0.05, 0.1) is 0 Å². The van der Waals surface area contributed by atoms with Gasteiger partial charge in [0, 0.05) is 46.9 Å². The van der Waals surface area contributed by atoms with Gasteiger partial charge in [-0.15, -0.1) is 5.10 Å². The van der Waals surface area contributed by atoms with Gasteiger partial charge in [0.15, 0.2) is 0 Å². The second kappa shape index (κ2) is 7.96. The van der Waals surface area contributed by atoms with E-state index in [0.717, 1.165) is 45.4 Å². The van der Waals surface area contributed by atoms with E-state index in [1.807, 2.05) is 53.4 Å². The second-order valence-electron chi connectivity index (χ2n) is 6.22. The first-order chi connectivity index (χ1) is 13.1. The SMILES string of the molecule is O=C(c1snnc1-c1ccc(Br)cc1)N1CCN(c2cccc(Cl)c2)CC1. The van der Waals surface area contributed by atoms with E-state index in [4.69, 9.17) is 11.6 Å². The lowest BCUT2D eigenvalue weighted by Crippen LogP contribution is -2.48. The van der Waals surface area contributed by atoms with Crippen molar-refractivity contribution in [1.29, 1.82) is 0 Å². The fourth-order valence-corrected chi connectivity index (χ4v) is 4.22. The zero-order valence-corrected chi connectivity index (χ0v) is 17.5. The molecule has 0 aliphatic carbocycles. The van der Waals surface area contributed by atoms with Gasteiger partial charge in [-0.25, -0.2) is 0 Å². The van der Waals surface area contributed by atoms with Crippen LogP contribution >= 0.6 is 39.1 Å². The van der Waals surface area contributed by atoms with Crippen LogP contribution in [-0.4, -0.2) is 46.6 Å². The zero-order valence-electron chi connectivity index (χ0n) is 14.3. The molecule has 1 aliphatic heterocycles. The van der Waals surface area contributed by atoms with Crippen molar-refractivity contribution in [2.45, 2.75) is 0 Å². The molecule has 8 heteroatoms. The van der Waals surface area contributed by atoms with Crippen molar-refractivity contribution in [1.82, 2.24) is 14.5 Å². The Bertz CT molecular complexity index is 954. The van der Waals surface area contributed by atoms with Crippen molar-refractivity contribution in [3.8, 4) is 11.3 Å². The summed E-state index contributed by atoms with van der Waals surface area (Å²) in [6.07, 6.45) is 0. The van der Waals surface area contributed by atoms with Crippen molar-refractivity contribution >= 4 is 50.7 Å². The van der Waals surface area contributed by atoms with Gasteiger partial charge in [-0.2, -0.15) is 0 Å². The Kier molecular flexibility index (Phi) is 5.43. The normalized spacial score (nSPS) is 14.4. The lowest BCUT2D eigenvalue weighted by molar-refractivity contribution is 0.0752. The molecular formula is C19H16BrClN4OS. The summed E-state index contributed by atoms with van der Waals surface area (Å²) in [5.74, 6) is -0.00587. The average Bonchev–Trinajstić information content (AvgIpc) is 3.18. The predicted octanol–water partition coefficient (Wildman–Crippen LogP) is 4.58. The van der Waals surface area contributed by atoms with Crippen molar-refractivity contribution < 1.29 is 4.79 Å². The number of hydrogen-bond acceptors (Lipinski definition) is 5. The maximum absolute atomic E-state index is 13.0. The Labute approximate surface area is 174 Å². The largest absolute Gasteiger partial charge is 0.368 e. The van der Waals surface area contributed by atoms with Gasteiger partial charge in [-0.05, 0) is 41.9 Å². The van der Waals surface area contributed by atoms with E-state index in [2.05, 4.69) is 30.4 Å². The smallest absolute Gasteiger partial charge is 0.268 e. The molecule has 0 unspecified atom stereocenters. The van der Waals surface area contributed by atoms with Crippen LogP contribution in [0.5, 0.6) is 0 Å². The molecule has 138 valence electrons. The van der Waals surface area contributed by atoms with Gasteiger partial charge in [0.25, 0.3) is 5.91 Å². The van der Waals surface area contributed by atoms with Crippen LogP contribution in [0.1, 0.15) is 9.67 Å². The Morgan fingerprint density at radius 2 is 1.81 bits per heavy atom. The minimum atomic E-state index is -0.00587. The number of piperazine rings is 1. The molecule has 0 radical (unpaired) electrons. The molecule has 2 heterocycles. The number of aromatic nitrogens is 2. The summed E-state index contributed by atoms with van der Waals surface area (Å²) in [7, 11) is 0. The van der Waals surface area contributed by atoms with E-state index < -0.39 is 0 Å². The average molecular weight is 464 g/mol. The topological polar surface area (TPSA) is 49.3 Å². The molecule has 4 rings (SSSR count). The molecule has 0 spiro atoms. The molecule has 1 amide bonds. The molecule has 1 aromatic heterocycles. The molecule has 2 aromatic carbocycles. The first-order valence-electron chi connectivity index (χ1n) is 8.50. The predicted molar refractivity (Wildman–Crippen MR) is 113 cm³/mol. The van der Waals surface area contributed by atoms with E-state index in [1.54, 1.807) is 0 Å². The maximum atomic E-state index is 13.0. The van der Waals surface area contributed by atoms with Crippen molar-refractivity contribution in [2.24, 2.45) is 0 Å². The third-order valence-electron chi connectivity index (χ3n) is 4.54. The summed E-state index contributed by atoms with van der Waals surface area (Å²) in [5, 5.41) is 4.91. The van der Waals surface area contributed by atoms with E-state index in [0.29, 0.717) is 23.7 Å². The van der Waals surface area contributed by atoms with Crippen LogP contribution in [0.4, 0.5) is 5.69 Å². The fourth-order valence-electron chi connectivity index (χ4n) is 3.11. The number of carbonyl (C=O) groups is 1. The number of nitrogens with zero attached hydrogens (tertiary/aromatic N) is 4. The number of anilines is 1. The summed E-state index contributed by atoms with van der Waals surface area (Å²) in [5.41, 5.74) is 2.63. The van der Waals surface area contributed by atoms with Crippen LogP contribution in [0.25, 0.3) is 11.3 Å². The first-order valence-corrected chi connectivity index (χ1v) is 10.4. The van der Waals surface area contributed by atoms with E-state index in [1.165, 1.54) is 0 Å². The van der Waals surface area contributed by atoms with Gasteiger partial charge in [-0.1, -0.05) is 50.2 Å². The van der Waals surface area contributed by atoms with Crippen LogP contribution in [0.15, 0.2) is 53.0 Å². The Hall–Kier alpha value is -1.96. The van der Waals surface area contributed by atoms with Crippen LogP contribution in [-0.2, 0) is 0 Å².